The number of benzene rings is 1. The molecule has 0 aliphatic heterocycles. The van der Waals surface area contributed by atoms with Crippen molar-refractivity contribution in [2.24, 2.45) is 0 Å². The Morgan fingerprint density at radius 2 is 1.67 bits per heavy atom. The zero-order valence-electron chi connectivity index (χ0n) is 16.1. The largest absolute Gasteiger partial charge is 0.497 e. The Kier molecular flexibility index (Phi) is 9.33. The van der Waals surface area contributed by atoms with Crippen LogP contribution in [-0.4, -0.2) is 28.1 Å². The third-order valence-electron chi connectivity index (χ3n) is 4.66. The van der Waals surface area contributed by atoms with E-state index >= 15 is 0 Å². The van der Waals surface area contributed by atoms with E-state index in [1.807, 2.05) is 24.3 Å². The summed E-state index contributed by atoms with van der Waals surface area (Å²) in [5, 5.41) is 0. The first-order chi connectivity index (χ1) is 11.5. The molecule has 1 aromatic carbocycles. The molecule has 4 heteroatoms. The normalized spacial score (nSPS) is 12.9. The van der Waals surface area contributed by atoms with Gasteiger partial charge in [-0.25, -0.2) is 0 Å². The van der Waals surface area contributed by atoms with Gasteiger partial charge in [-0.15, -0.1) is 6.58 Å². The highest BCUT2D eigenvalue weighted by atomic mass is 28.4. The summed E-state index contributed by atoms with van der Waals surface area (Å²) in [7, 11) is 0.0504. The van der Waals surface area contributed by atoms with Gasteiger partial charge in [0.15, 0.2) is 8.32 Å². The van der Waals surface area contributed by atoms with Crippen LogP contribution in [0, 0.1) is 0 Å². The van der Waals surface area contributed by atoms with Gasteiger partial charge in [-0.3, -0.25) is 0 Å². The molecule has 0 fully saturated rings. The first-order valence-electron chi connectivity index (χ1n) is 9.01. The highest BCUT2D eigenvalue weighted by Crippen LogP contribution is 2.25. The minimum atomic E-state index is -1.63. The monoisotopic (exact) mass is 350 g/mol. The fraction of sp³-hybridized carbons (Fsp3) is 0.600. The number of hydrogen-bond donors (Lipinski definition) is 0. The molecule has 0 heterocycles. The summed E-state index contributed by atoms with van der Waals surface area (Å²) in [5.41, 5.74) is 2.30. The van der Waals surface area contributed by atoms with Crippen molar-refractivity contribution in [3.8, 4) is 5.75 Å². The molecule has 136 valence electrons. The Bertz CT molecular complexity index is 472. The molecule has 1 aromatic rings. The summed E-state index contributed by atoms with van der Waals surface area (Å²) in [6.07, 6.45) is 0.990. The first-order valence-corrected chi connectivity index (χ1v) is 11.5. The van der Waals surface area contributed by atoms with E-state index in [4.69, 9.17) is 13.9 Å². The van der Waals surface area contributed by atoms with Crippen molar-refractivity contribution in [2.45, 2.75) is 65.0 Å². The lowest BCUT2D eigenvalue weighted by Gasteiger charge is -2.33. The Morgan fingerprint density at radius 3 is 2.12 bits per heavy atom. The van der Waals surface area contributed by atoms with E-state index < -0.39 is 8.32 Å². The van der Waals surface area contributed by atoms with Gasteiger partial charge in [0.2, 0.25) is 0 Å². The van der Waals surface area contributed by atoms with E-state index in [0.29, 0.717) is 13.2 Å². The van der Waals surface area contributed by atoms with Crippen molar-refractivity contribution in [1.82, 2.24) is 0 Å². The highest BCUT2D eigenvalue weighted by Gasteiger charge is 2.32. The Hall–Kier alpha value is -1.10. The molecule has 24 heavy (non-hydrogen) atoms. The molecule has 0 bridgehead atoms. The zero-order valence-corrected chi connectivity index (χ0v) is 17.1. The lowest BCUT2D eigenvalue weighted by Crippen LogP contribution is -2.41. The number of hydrogen-bond acceptors (Lipinski definition) is 3. The van der Waals surface area contributed by atoms with Crippen LogP contribution in [0.4, 0.5) is 0 Å². The van der Waals surface area contributed by atoms with E-state index in [9.17, 15) is 0 Å². The van der Waals surface area contributed by atoms with E-state index in [-0.39, 0.29) is 6.10 Å². The topological polar surface area (TPSA) is 27.7 Å². The summed E-state index contributed by atoms with van der Waals surface area (Å²) >= 11 is 0. The summed E-state index contributed by atoms with van der Waals surface area (Å²) in [6.45, 7) is 14.1. The van der Waals surface area contributed by atoms with Gasteiger partial charge in [0.05, 0.1) is 26.4 Å². The van der Waals surface area contributed by atoms with Gasteiger partial charge in [-0.1, -0.05) is 38.5 Å². The van der Waals surface area contributed by atoms with Crippen molar-refractivity contribution in [3.63, 3.8) is 0 Å². The molecule has 0 N–H and O–H groups in total. The van der Waals surface area contributed by atoms with Crippen LogP contribution < -0.4 is 4.74 Å². The van der Waals surface area contributed by atoms with Gasteiger partial charge in [0, 0.05) is 0 Å². The molecule has 1 rings (SSSR count). The van der Waals surface area contributed by atoms with Crippen LogP contribution >= 0.6 is 0 Å². The summed E-state index contributed by atoms with van der Waals surface area (Å²) < 4.78 is 17.7. The molecule has 0 spiro atoms. The van der Waals surface area contributed by atoms with E-state index in [1.54, 1.807) is 7.11 Å². The molecule has 1 unspecified atom stereocenters. The van der Waals surface area contributed by atoms with Crippen LogP contribution in [0.25, 0.3) is 0 Å². The summed E-state index contributed by atoms with van der Waals surface area (Å²) in [5.74, 6) is 0.867. The summed E-state index contributed by atoms with van der Waals surface area (Å²) in [4.78, 5) is 0. The molecule has 0 aliphatic carbocycles. The number of rotatable bonds is 12. The van der Waals surface area contributed by atoms with Crippen molar-refractivity contribution in [2.75, 3.05) is 13.7 Å². The van der Waals surface area contributed by atoms with Gasteiger partial charge >= 0.3 is 0 Å². The molecular formula is C20H34O3Si. The second kappa shape index (κ2) is 10.7. The molecule has 0 saturated carbocycles. The number of ether oxygens (including phenoxy) is 2. The van der Waals surface area contributed by atoms with Crippen molar-refractivity contribution in [1.29, 1.82) is 0 Å². The van der Waals surface area contributed by atoms with Crippen LogP contribution in [0.3, 0.4) is 0 Å². The van der Waals surface area contributed by atoms with E-state index in [0.717, 1.165) is 41.4 Å². The second-order valence-electron chi connectivity index (χ2n) is 6.51. The van der Waals surface area contributed by atoms with E-state index in [2.05, 4.69) is 34.3 Å². The molecular weight excluding hydrogens is 316 g/mol. The van der Waals surface area contributed by atoms with Crippen LogP contribution in [-0.2, 0) is 15.8 Å². The SMILES string of the molecule is C=C(C)CC(COCc1ccc(OC)cc1)O[Si](CC)(CC)CC. The quantitative estimate of drug-likeness (QED) is 0.364. The predicted molar refractivity (Wildman–Crippen MR) is 104 cm³/mol. The van der Waals surface area contributed by atoms with Gasteiger partial charge < -0.3 is 13.9 Å². The molecule has 1 atom stereocenters. The van der Waals surface area contributed by atoms with E-state index in [1.165, 1.54) is 0 Å². The first kappa shape index (κ1) is 20.9. The highest BCUT2D eigenvalue weighted by molar-refractivity contribution is 6.73. The predicted octanol–water partition coefficient (Wildman–Crippen LogP) is 5.57. The lowest BCUT2D eigenvalue weighted by molar-refractivity contribution is 0.0359. The number of methoxy groups -OCH3 is 1. The fourth-order valence-corrected chi connectivity index (χ4v) is 5.77. The van der Waals surface area contributed by atoms with Gasteiger partial charge in [0.1, 0.15) is 5.75 Å². The van der Waals surface area contributed by atoms with Crippen LogP contribution in [0.15, 0.2) is 36.4 Å². The molecule has 0 radical (unpaired) electrons. The molecule has 3 nitrogen and oxygen atoms in total. The van der Waals surface area contributed by atoms with Crippen molar-refractivity contribution < 1.29 is 13.9 Å². The van der Waals surface area contributed by atoms with Gasteiger partial charge in [0.25, 0.3) is 0 Å². The summed E-state index contributed by atoms with van der Waals surface area (Å²) in [6, 6.07) is 11.5. The maximum atomic E-state index is 6.60. The zero-order chi connectivity index (χ0) is 18.0. The smallest absolute Gasteiger partial charge is 0.192 e. The Morgan fingerprint density at radius 1 is 1.08 bits per heavy atom. The average Bonchev–Trinajstić information content (AvgIpc) is 2.59. The maximum absolute atomic E-state index is 6.60. The molecule has 0 aromatic heterocycles. The lowest BCUT2D eigenvalue weighted by atomic mass is 10.1. The average molecular weight is 351 g/mol. The standard InChI is InChI=1S/C20H34O3Si/c1-7-24(8-2,9-3)23-20(14-17(4)5)16-22-15-18-10-12-19(21-6)13-11-18/h10-13,20H,4,7-9,14-16H2,1-3,5-6H3. The minimum absolute atomic E-state index is 0.118. The third kappa shape index (κ3) is 6.79. The minimum Gasteiger partial charge on any atom is -0.497 e. The Balaban J connectivity index is 2.60. The molecule has 0 amide bonds. The molecule has 0 saturated heterocycles. The maximum Gasteiger partial charge on any atom is 0.192 e. The molecule has 0 aliphatic rings. The Labute approximate surface area is 149 Å². The van der Waals surface area contributed by atoms with Crippen LogP contribution in [0.5, 0.6) is 5.75 Å². The van der Waals surface area contributed by atoms with Crippen LogP contribution in [0.1, 0.15) is 39.7 Å². The third-order valence-corrected chi connectivity index (χ3v) is 9.36. The van der Waals surface area contributed by atoms with Crippen molar-refractivity contribution >= 4 is 8.32 Å². The van der Waals surface area contributed by atoms with Gasteiger partial charge in [-0.05, 0) is 49.2 Å². The van der Waals surface area contributed by atoms with Gasteiger partial charge in [-0.2, -0.15) is 0 Å². The second-order valence-corrected chi connectivity index (χ2v) is 11.2. The van der Waals surface area contributed by atoms with Crippen LogP contribution in [0.2, 0.25) is 18.1 Å². The van der Waals surface area contributed by atoms with Crippen molar-refractivity contribution in [3.05, 3.63) is 42.0 Å². The fourth-order valence-electron chi connectivity index (χ4n) is 2.91.